The maximum atomic E-state index is 11.9. The minimum Gasteiger partial charge on any atom is -0.378 e. The van der Waals surface area contributed by atoms with Gasteiger partial charge in [-0.1, -0.05) is 13.8 Å². The van der Waals surface area contributed by atoms with Gasteiger partial charge in [-0.3, -0.25) is 4.79 Å². The molecule has 0 unspecified atom stereocenters. The van der Waals surface area contributed by atoms with Crippen LogP contribution in [-0.2, 0) is 4.74 Å². The van der Waals surface area contributed by atoms with Gasteiger partial charge in [0.15, 0.2) is 0 Å². The van der Waals surface area contributed by atoms with Gasteiger partial charge in [-0.2, -0.15) is 0 Å². The molecule has 0 spiro atoms. The predicted molar refractivity (Wildman–Crippen MR) is 76.9 cm³/mol. The molecule has 1 amide bonds. The van der Waals surface area contributed by atoms with Crippen LogP contribution in [0.25, 0.3) is 0 Å². The summed E-state index contributed by atoms with van der Waals surface area (Å²) in [5, 5.41) is 2.85. The van der Waals surface area contributed by atoms with E-state index < -0.39 is 0 Å². The third kappa shape index (κ3) is 4.16. The number of nitrogens with one attached hydrogen (secondary N) is 1. The number of anilines is 1. The van der Waals surface area contributed by atoms with Crippen LogP contribution in [0.3, 0.4) is 0 Å². The van der Waals surface area contributed by atoms with E-state index in [-0.39, 0.29) is 5.91 Å². The van der Waals surface area contributed by atoms with Crippen LogP contribution in [0.15, 0.2) is 12.4 Å². The summed E-state index contributed by atoms with van der Waals surface area (Å²) in [7, 11) is 0. The summed E-state index contributed by atoms with van der Waals surface area (Å²) in [5.41, 5.74) is 0.366. The summed E-state index contributed by atoms with van der Waals surface area (Å²) in [6.07, 6.45) is 4.16. The van der Waals surface area contributed by atoms with E-state index in [1.807, 2.05) is 0 Å². The highest BCUT2D eigenvalue weighted by Crippen LogP contribution is 2.10. The Balaban J connectivity index is 1.88. The van der Waals surface area contributed by atoms with Gasteiger partial charge in [-0.25, -0.2) is 9.97 Å². The fourth-order valence-corrected chi connectivity index (χ4v) is 1.96. The Morgan fingerprint density at radius 1 is 1.35 bits per heavy atom. The zero-order chi connectivity index (χ0) is 14.4. The van der Waals surface area contributed by atoms with Gasteiger partial charge in [0, 0.05) is 19.6 Å². The second kappa shape index (κ2) is 7.19. The summed E-state index contributed by atoms with van der Waals surface area (Å²) in [6, 6.07) is 0. The molecule has 0 atom stereocenters. The van der Waals surface area contributed by atoms with Gasteiger partial charge in [0.25, 0.3) is 5.91 Å². The van der Waals surface area contributed by atoms with Crippen LogP contribution in [0.2, 0.25) is 0 Å². The smallest absolute Gasteiger partial charge is 0.271 e. The first-order valence-corrected chi connectivity index (χ1v) is 7.10. The summed E-state index contributed by atoms with van der Waals surface area (Å²) in [5.74, 6) is 1.21. The minimum atomic E-state index is -0.160. The van der Waals surface area contributed by atoms with Crippen LogP contribution in [-0.4, -0.2) is 48.7 Å². The average Bonchev–Trinajstić information content (AvgIpc) is 2.48. The van der Waals surface area contributed by atoms with E-state index in [9.17, 15) is 4.79 Å². The highest BCUT2D eigenvalue weighted by atomic mass is 16.5. The Labute approximate surface area is 119 Å². The van der Waals surface area contributed by atoms with E-state index in [4.69, 9.17) is 4.74 Å². The quantitative estimate of drug-likeness (QED) is 0.873. The van der Waals surface area contributed by atoms with Crippen LogP contribution in [0.5, 0.6) is 0 Å². The summed E-state index contributed by atoms with van der Waals surface area (Å²) < 4.78 is 5.29. The zero-order valence-corrected chi connectivity index (χ0v) is 12.1. The Hall–Kier alpha value is -1.69. The lowest BCUT2D eigenvalue weighted by molar-refractivity contribution is 0.0946. The normalized spacial score (nSPS) is 15.4. The van der Waals surface area contributed by atoms with Crippen molar-refractivity contribution in [3.05, 3.63) is 18.1 Å². The maximum Gasteiger partial charge on any atom is 0.271 e. The van der Waals surface area contributed by atoms with Crippen molar-refractivity contribution >= 4 is 11.7 Å². The number of amides is 1. The molecular weight excluding hydrogens is 256 g/mol. The SMILES string of the molecule is CC(C)CCNC(=O)c1cnc(N2CCOCC2)cn1. The Kier molecular flexibility index (Phi) is 5.29. The molecule has 1 aliphatic heterocycles. The van der Waals surface area contributed by atoms with Crippen LogP contribution in [0.4, 0.5) is 5.82 Å². The molecule has 1 fully saturated rings. The molecule has 6 nitrogen and oxygen atoms in total. The van der Waals surface area contributed by atoms with Crippen molar-refractivity contribution in [1.29, 1.82) is 0 Å². The fraction of sp³-hybridized carbons (Fsp3) is 0.643. The molecule has 1 N–H and O–H groups in total. The summed E-state index contributed by atoms with van der Waals surface area (Å²) in [4.78, 5) is 22.5. The predicted octanol–water partition coefficient (Wildman–Crippen LogP) is 1.09. The van der Waals surface area contributed by atoms with Gasteiger partial charge >= 0.3 is 0 Å². The number of aromatic nitrogens is 2. The number of hydrogen-bond donors (Lipinski definition) is 1. The second-order valence-corrected chi connectivity index (χ2v) is 5.30. The lowest BCUT2D eigenvalue weighted by atomic mass is 10.1. The molecule has 20 heavy (non-hydrogen) atoms. The molecule has 1 aliphatic rings. The standard InChI is InChI=1S/C14H22N4O2/c1-11(2)3-4-15-14(19)12-9-17-13(10-16-12)18-5-7-20-8-6-18/h9-11H,3-8H2,1-2H3,(H,15,19). The van der Waals surface area contributed by atoms with Gasteiger partial charge in [-0.05, 0) is 12.3 Å². The first kappa shape index (κ1) is 14.7. The Bertz CT molecular complexity index is 427. The summed E-state index contributed by atoms with van der Waals surface area (Å²) >= 11 is 0. The molecule has 0 bridgehead atoms. The molecule has 0 radical (unpaired) electrons. The summed E-state index contributed by atoms with van der Waals surface area (Å²) in [6.45, 7) is 7.97. The van der Waals surface area contributed by atoms with Gasteiger partial charge in [0.1, 0.15) is 11.5 Å². The van der Waals surface area contributed by atoms with E-state index in [1.165, 1.54) is 6.20 Å². The Morgan fingerprint density at radius 3 is 2.70 bits per heavy atom. The molecule has 110 valence electrons. The largest absolute Gasteiger partial charge is 0.378 e. The van der Waals surface area contributed by atoms with Crippen molar-refractivity contribution in [1.82, 2.24) is 15.3 Å². The van der Waals surface area contributed by atoms with E-state index in [0.29, 0.717) is 31.4 Å². The number of rotatable bonds is 5. The third-order valence-electron chi connectivity index (χ3n) is 3.21. The van der Waals surface area contributed by atoms with E-state index in [2.05, 4.69) is 34.0 Å². The molecule has 0 aliphatic carbocycles. The minimum absolute atomic E-state index is 0.160. The molecule has 0 aromatic carbocycles. The first-order valence-electron chi connectivity index (χ1n) is 7.10. The fourth-order valence-electron chi connectivity index (χ4n) is 1.96. The van der Waals surface area contributed by atoms with Crippen molar-refractivity contribution in [3.63, 3.8) is 0 Å². The van der Waals surface area contributed by atoms with Gasteiger partial charge in [0.2, 0.25) is 0 Å². The van der Waals surface area contributed by atoms with Gasteiger partial charge < -0.3 is 15.0 Å². The molecule has 1 aromatic heterocycles. The second-order valence-electron chi connectivity index (χ2n) is 5.30. The number of hydrogen-bond acceptors (Lipinski definition) is 5. The van der Waals surface area contributed by atoms with Gasteiger partial charge in [-0.15, -0.1) is 0 Å². The number of ether oxygens (including phenoxy) is 1. The molecule has 0 saturated carbocycles. The van der Waals surface area contributed by atoms with Crippen LogP contribution in [0, 0.1) is 5.92 Å². The van der Waals surface area contributed by atoms with Crippen molar-refractivity contribution in [3.8, 4) is 0 Å². The monoisotopic (exact) mass is 278 g/mol. The first-order chi connectivity index (χ1) is 9.66. The molecule has 2 heterocycles. The zero-order valence-electron chi connectivity index (χ0n) is 12.1. The van der Waals surface area contributed by atoms with E-state index >= 15 is 0 Å². The topological polar surface area (TPSA) is 67.4 Å². The lowest BCUT2D eigenvalue weighted by Gasteiger charge is -2.27. The molecule has 1 aromatic rings. The van der Waals surface area contributed by atoms with E-state index in [0.717, 1.165) is 25.3 Å². The molecular formula is C14H22N4O2. The van der Waals surface area contributed by atoms with Gasteiger partial charge in [0.05, 0.1) is 25.6 Å². The van der Waals surface area contributed by atoms with Crippen molar-refractivity contribution < 1.29 is 9.53 Å². The van der Waals surface area contributed by atoms with Crippen molar-refractivity contribution in [2.45, 2.75) is 20.3 Å². The number of nitrogens with zero attached hydrogens (tertiary/aromatic N) is 3. The molecule has 1 saturated heterocycles. The third-order valence-corrected chi connectivity index (χ3v) is 3.21. The van der Waals surface area contributed by atoms with Crippen LogP contribution < -0.4 is 10.2 Å². The van der Waals surface area contributed by atoms with Crippen molar-refractivity contribution in [2.24, 2.45) is 5.92 Å². The van der Waals surface area contributed by atoms with E-state index in [1.54, 1.807) is 6.20 Å². The number of carbonyl (C=O) groups excluding carboxylic acids is 1. The number of morpholine rings is 1. The highest BCUT2D eigenvalue weighted by molar-refractivity contribution is 5.91. The maximum absolute atomic E-state index is 11.9. The Morgan fingerprint density at radius 2 is 2.10 bits per heavy atom. The van der Waals surface area contributed by atoms with Crippen molar-refractivity contribution in [2.75, 3.05) is 37.7 Å². The molecule has 2 rings (SSSR count). The molecule has 6 heteroatoms. The lowest BCUT2D eigenvalue weighted by Crippen LogP contribution is -2.37. The number of carbonyl (C=O) groups is 1. The van der Waals surface area contributed by atoms with Crippen LogP contribution in [0.1, 0.15) is 30.8 Å². The highest BCUT2D eigenvalue weighted by Gasteiger charge is 2.14. The van der Waals surface area contributed by atoms with Crippen LogP contribution >= 0.6 is 0 Å². The average molecular weight is 278 g/mol.